The molecule has 1 aliphatic rings. The molecule has 1 aliphatic heterocycles. The van der Waals surface area contributed by atoms with Crippen LogP contribution in [0.3, 0.4) is 0 Å². The van der Waals surface area contributed by atoms with Crippen LogP contribution in [0.5, 0.6) is 5.75 Å². The smallest absolute Gasteiger partial charge is 0.188 e. The molecule has 0 radical (unpaired) electrons. The van der Waals surface area contributed by atoms with Crippen molar-refractivity contribution < 1.29 is 4.74 Å². The topological polar surface area (TPSA) is 35.0 Å². The highest BCUT2D eigenvalue weighted by molar-refractivity contribution is 7.99. The molecular weight excluding hydrogens is 280 g/mol. The molecule has 110 valence electrons. The molecule has 0 fully saturated rings. The van der Waals surface area contributed by atoms with E-state index in [9.17, 15) is 0 Å². The van der Waals surface area contributed by atoms with Crippen LogP contribution in [-0.4, -0.2) is 21.3 Å². The fourth-order valence-electron chi connectivity index (χ4n) is 2.52. The van der Waals surface area contributed by atoms with E-state index >= 15 is 0 Å². The van der Waals surface area contributed by atoms with Crippen LogP contribution in [0.15, 0.2) is 35.6 Å². The van der Waals surface area contributed by atoms with Crippen molar-refractivity contribution in [3.63, 3.8) is 0 Å². The predicted molar refractivity (Wildman–Crippen MR) is 86.9 cm³/mol. The zero-order chi connectivity index (χ0) is 14.9. The van der Waals surface area contributed by atoms with Crippen LogP contribution in [-0.2, 0) is 6.42 Å². The Hall–Kier alpha value is -1.55. The number of hydrogen-bond acceptors (Lipinski definition) is 4. The maximum Gasteiger partial charge on any atom is 0.188 e. The van der Waals surface area contributed by atoms with Gasteiger partial charge >= 0.3 is 0 Å². The lowest BCUT2D eigenvalue weighted by atomic mass is 9.93. The SMILES string of the molecule is CCSc1nccc(-c2ccc3c(c2)CCC(C)(C)O3)n1. The van der Waals surface area contributed by atoms with Crippen LogP contribution < -0.4 is 4.74 Å². The van der Waals surface area contributed by atoms with E-state index in [4.69, 9.17) is 4.74 Å². The first-order valence-corrected chi connectivity index (χ1v) is 8.34. The van der Waals surface area contributed by atoms with Gasteiger partial charge in [0.2, 0.25) is 0 Å². The summed E-state index contributed by atoms with van der Waals surface area (Å²) < 4.78 is 6.04. The van der Waals surface area contributed by atoms with Crippen molar-refractivity contribution in [1.29, 1.82) is 0 Å². The molecule has 21 heavy (non-hydrogen) atoms. The predicted octanol–water partition coefficient (Wildman–Crippen LogP) is 4.36. The fraction of sp³-hybridized carbons (Fsp3) is 0.412. The van der Waals surface area contributed by atoms with Crippen LogP contribution in [0, 0.1) is 0 Å². The summed E-state index contributed by atoms with van der Waals surface area (Å²) in [6, 6.07) is 8.33. The number of thioether (sulfide) groups is 1. The zero-order valence-corrected chi connectivity index (χ0v) is 13.5. The average Bonchev–Trinajstić information content (AvgIpc) is 2.46. The minimum atomic E-state index is -0.0611. The van der Waals surface area contributed by atoms with Gasteiger partial charge in [-0.05, 0) is 62.3 Å². The van der Waals surface area contributed by atoms with E-state index < -0.39 is 0 Å². The molecule has 0 N–H and O–H groups in total. The highest BCUT2D eigenvalue weighted by Gasteiger charge is 2.26. The number of fused-ring (bicyclic) bond motifs is 1. The average molecular weight is 300 g/mol. The van der Waals surface area contributed by atoms with Crippen LogP contribution >= 0.6 is 11.8 Å². The van der Waals surface area contributed by atoms with Crippen LogP contribution in [0.25, 0.3) is 11.3 Å². The van der Waals surface area contributed by atoms with E-state index in [-0.39, 0.29) is 5.60 Å². The molecule has 2 aromatic rings. The van der Waals surface area contributed by atoms with Crippen molar-refractivity contribution in [3.05, 3.63) is 36.0 Å². The Kier molecular flexibility index (Phi) is 3.89. The summed E-state index contributed by atoms with van der Waals surface area (Å²) in [5, 5.41) is 0.838. The van der Waals surface area contributed by atoms with Crippen molar-refractivity contribution in [2.24, 2.45) is 0 Å². The van der Waals surface area contributed by atoms with Gasteiger partial charge in [0, 0.05) is 11.8 Å². The van der Waals surface area contributed by atoms with Gasteiger partial charge in [0.25, 0.3) is 0 Å². The Balaban J connectivity index is 1.92. The summed E-state index contributed by atoms with van der Waals surface area (Å²) in [7, 11) is 0. The minimum absolute atomic E-state index is 0.0611. The maximum absolute atomic E-state index is 6.04. The van der Waals surface area contributed by atoms with Gasteiger partial charge in [-0.25, -0.2) is 9.97 Å². The summed E-state index contributed by atoms with van der Waals surface area (Å²) in [6.07, 6.45) is 3.93. The molecule has 0 saturated carbocycles. The molecule has 0 atom stereocenters. The Morgan fingerprint density at radius 3 is 2.95 bits per heavy atom. The van der Waals surface area contributed by atoms with E-state index in [0.717, 1.165) is 40.8 Å². The van der Waals surface area contributed by atoms with E-state index in [0.29, 0.717) is 0 Å². The van der Waals surface area contributed by atoms with Crippen molar-refractivity contribution in [2.75, 3.05) is 5.75 Å². The van der Waals surface area contributed by atoms with Crippen molar-refractivity contribution in [3.8, 4) is 17.0 Å². The molecule has 0 bridgehead atoms. The number of aromatic nitrogens is 2. The quantitative estimate of drug-likeness (QED) is 0.623. The van der Waals surface area contributed by atoms with Crippen LogP contribution in [0.2, 0.25) is 0 Å². The monoisotopic (exact) mass is 300 g/mol. The summed E-state index contributed by atoms with van der Waals surface area (Å²) in [4.78, 5) is 8.91. The largest absolute Gasteiger partial charge is 0.488 e. The summed E-state index contributed by atoms with van der Waals surface area (Å²) in [5.41, 5.74) is 3.33. The molecule has 4 heteroatoms. The zero-order valence-electron chi connectivity index (χ0n) is 12.7. The Morgan fingerprint density at radius 2 is 2.14 bits per heavy atom. The third-order valence-electron chi connectivity index (χ3n) is 3.65. The third-order valence-corrected chi connectivity index (χ3v) is 4.39. The van der Waals surface area contributed by atoms with Gasteiger partial charge in [0.1, 0.15) is 11.4 Å². The first kappa shape index (κ1) is 14.4. The summed E-state index contributed by atoms with van der Waals surface area (Å²) in [5.74, 6) is 1.99. The first-order valence-electron chi connectivity index (χ1n) is 7.35. The molecule has 1 aromatic carbocycles. The van der Waals surface area contributed by atoms with Crippen molar-refractivity contribution in [2.45, 2.75) is 44.4 Å². The molecule has 0 aliphatic carbocycles. The number of ether oxygens (including phenoxy) is 1. The second kappa shape index (κ2) is 5.68. The minimum Gasteiger partial charge on any atom is -0.488 e. The standard InChI is InChI=1S/C17H20N2OS/c1-4-21-16-18-10-8-14(19-16)12-5-6-15-13(11-12)7-9-17(2,3)20-15/h5-6,8,10-11H,4,7,9H2,1-3H3. The molecular formula is C17H20N2OS. The van der Waals surface area contributed by atoms with E-state index in [1.165, 1.54) is 5.56 Å². The molecule has 3 nitrogen and oxygen atoms in total. The Bertz CT molecular complexity index is 655. The fourth-order valence-corrected chi connectivity index (χ4v) is 3.07. The van der Waals surface area contributed by atoms with Gasteiger partial charge in [-0.2, -0.15) is 0 Å². The number of nitrogens with zero attached hydrogens (tertiary/aromatic N) is 2. The molecule has 0 amide bonds. The number of aryl methyl sites for hydroxylation is 1. The Labute approximate surface area is 130 Å². The number of hydrogen-bond donors (Lipinski definition) is 0. The number of benzene rings is 1. The summed E-state index contributed by atoms with van der Waals surface area (Å²) >= 11 is 1.67. The third kappa shape index (κ3) is 3.21. The lowest BCUT2D eigenvalue weighted by molar-refractivity contribution is 0.0847. The van der Waals surface area contributed by atoms with Gasteiger partial charge in [-0.3, -0.25) is 0 Å². The molecule has 0 saturated heterocycles. The molecule has 0 unspecified atom stereocenters. The maximum atomic E-state index is 6.04. The van der Waals surface area contributed by atoms with Gasteiger partial charge in [-0.15, -0.1) is 0 Å². The van der Waals surface area contributed by atoms with E-state index in [1.807, 2.05) is 12.3 Å². The number of rotatable bonds is 3. The van der Waals surface area contributed by atoms with Crippen LogP contribution in [0.4, 0.5) is 0 Å². The van der Waals surface area contributed by atoms with Crippen LogP contribution in [0.1, 0.15) is 32.8 Å². The lowest BCUT2D eigenvalue weighted by Gasteiger charge is -2.32. The first-order chi connectivity index (χ1) is 10.1. The highest BCUT2D eigenvalue weighted by atomic mass is 32.2. The molecule has 1 aromatic heterocycles. The Morgan fingerprint density at radius 1 is 1.29 bits per heavy atom. The second-order valence-electron chi connectivity index (χ2n) is 5.84. The molecule has 3 rings (SSSR count). The molecule has 2 heterocycles. The van der Waals surface area contributed by atoms with E-state index in [1.54, 1.807) is 11.8 Å². The van der Waals surface area contributed by atoms with Crippen molar-refractivity contribution >= 4 is 11.8 Å². The summed E-state index contributed by atoms with van der Waals surface area (Å²) in [6.45, 7) is 6.39. The van der Waals surface area contributed by atoms with Crippen molar-refractivity contribution in [1.82, 2.24) is 9.97 Å². The van der Waals surface area contributed by atoms with Gasteiger partial charge in [-0.1, -0.05) is 18.7 Å². The van der Waals surface area contributed by atoms with Gasteiger partial charge < -0.3 is 4.74 Å². The van der Waals surface area contributed by atoms with E-state index in [2.05, 4.69) is 48.9 Å². The lowest BCUT2D eigenvalue weighted by Crippen LogP contribution is -2.32. The van der Waals surface area contributed by atoms with Gasteiger partial charge in [0.15, 0.2) is 5.16 Å². The molecule has 0 spiro atoms. The second-order valence-corrected chi connectivity index (χ2v) is 7.07. The van der Waals surface area contributed by atoms with Gasteiger partial charge in [0.05, 0.1) is 5.69 Å². The normalized spacial score (nSPS) is 16.1. The highest BCUT2D eigenvalue weighted by Crippen LogP contribution is 2.35.